The molecule has 0 saturated heterocycles. The van der Waals surface area contributed by atoms with E-state index in [1.807, 2.05) is 0 Å². The van der Waals surface area contributed by atoms with Gasteiger partial charge in [-0.05, 0) is 46.3 Å². The fourth-order valence-electron chi connectivity index (χ4n) is 1.81. The minimum absolute atomic E-state index is 0.281. The van der Waals surface area contributed by atoms with Gasteiger partial charge >= 0.3 is 0 Å². The van der Waals surface area contributed by atoms with Gasteiger partial charge in [0.2, 0.25) is 0 Å². The summed E-state index contributed by atoms with van der Waals surface area (Å²) >= 11 is 3.27. The number of nitrogens with zero attached hydrogens (tertiary/aromatic N) is 1. The summed E-state index contributed by atoms with van der Waals surface area (Å²) < 4.78 is 27.1. The van der Waals surface area contributed by atoms with E-state index in [1.54, 1.807) is 18.2 Å². The van der Waals surface area contributed by atoms with Crippen LogP contribution in [0.2, 0.25) is 0 Å². The Labute approximate surface area is 110 Å². The van der Waals surface area contributed by atoms with Crippen LogP contribution in [0.15, 0.2) is 40.9 Å². The van der Waals surface area contributed by atoms with E-state index < -0.39 is 0 Å². The van der Waals surface area contributed by atoms with Crippen molar-refractivity contribution >= 4 is 27.0 Å². The van der Waals surface area contributed by atoms with Gasteiger partial charge in [0.1, 0.15) is 17.2 Å². The Morgan fingerprint density at radius 3 is 2.67 bits per heavy atom. The summed E-state index contributed by atoms with van der Waals surface area (Å²) in [4.78, 5) is 7.20. The second-order valence-corrected chi connectivity index (χ2v) is 4.70. The number of aromatic nitrogens is 2. The Morgan fingerprint density at radius 1 is 1.11 bits per heavy atom. The molecule has 2 nitrogen and oxygen atoms in total. The highest BCUT2D eigenvalue weighted by Gasteiger charge is 2.11. The van der Waals surface area contributed by atoms with Crippen molar-refractivity contribution < 1.29 is 8.78 Å². The number of imidazole rings is 1. The zero-order chi connectivity index (χ0) is 12.7. The van der Waals surface area contributed by atoms with E-state index in [0.29, 0.717) is 21.4 Å². The average molecular weight is 309 g/mol. The molecular formula is C13H7BrF2N2. The molecule has 0 bridgehead atoms. The third kappa shape index (κ3) is 1.80. The summed E-state index contributed by atoms with van der Waals surface area (Å²) in [5.74, 6) is -0.219. The minimum Gasteiger partial charge on any atom is -0.338 e. The maximum atomic E-state index is 13.5. The SMILES string of the molecule is Fc1ccc(-c2nc3c(F)cccc3[nH]2)c(Br)c1. The van der Waals surface area contributed by atoms with E-state index in [9.17, 15) is 8.78 Å². The van der Waals surface area contributed by atoms with Gasteiger partial charge in [-0.3, -0.25) is 0 Å². The molecule has 1 aromatic heterocycles. The largest absolute Gasteiger partial charge is 0.338 e. The van der Waals surface area contributed by atoms with Crippen molar-refractivity contribution in [2.24, 2.45) is 0 Å². The van der Waals surface area contributed by atoms with E-state index in [0.717, 1.165) is 0 Å². The van der Waals surface area contributed by atoms with Gasteiger partial charge in [-0.2, -0.15) is 0 Å². The number of hydrogen-bond acceptors (Lipinski definition) is 1. The molecule has 3 rings (SSSR count). The van der Waals surface area contributed by atoms with Gasteiger partial charge in [-0.25, -0.2) is 13.8 Å². The molecule has 0 amide bonds. The first kappa shape index (κ1) is 11.3. The van der Waals surface area contributed by atoms with E-state index in [-0.39, 0.29) is 17.2 Å². The van der Waals surface area contributed by atoms with Crippen molar-refractivity contribution in [3.8, 4) is 11.4 Å². The summed E-state index contributed by atoms with van der Waals surface area (Å²) in [6, 6.07) is 8.98. The monoisotopic (exact) mass is 308 g/mol. The molecule has 0 aliphatic rings. The van der Waals surface area contributed by atoms with Crippen molar-refractivity contribution in [3.63, 3.8) is 0 Å². The molecule has 2 aromatic carbocycles. The normalized spacial score (nSPS) is 11.1. The highest BCUT2D eigenvalue weighted by molar-refractivity contribution is 9.10. The molecule has 0 fully saturated rings. The number of para-hydroxylation sites is 1. The van der Waals surface area contributed by atoms with Crippen molar-refractivity contribution in [1.29, 1.82) is 0 Å². The maximum Gasteiger partial charge on any atom is 0.151 e. The van der Waals surface area contributed by atoms with Crippen LogP contribution in [0.1, 0.15) is 0 Å². The number of H-pyrrole nitrogens is 1. The number of hydrogen-bond donors (Lipinski definition) is 1. The second-order valence-electron chi connectivity index (χ2n) is 3.85. The molecular weight excluding hydrogens is 302 g/mol. The standard InChI is InChI=1S/C13H7BrF2N2/c14-9-6-7(15)4-5-8(9)13-17-11-3-1-2-10(16)12(11)18-13/h1-6H,(H,17,18). The number of aromatic amines is 1. The number of benzene rings is 2. The van der Waals surface area contributed by atoms with Crippen LogP contribution >= 0.6 is 15.9 Å². The van der Waals surface area contributed by atoms with Gasteiger partial charge in [-0.1, -0.05) is 6.07 Å². The third-order valence-electron chi connectivity index (χ3n) is 2.65. The molecule has 90 valence electrons. The zero-order valence-electron chi connectivity index (χ0n) is 9.05. The van der Waals surface area contributed by atoms with Gasteiger partial charge in [0.05, 0.1) is 5.52 Å². The summed E-state index contributed by atoms with van der Waals surface area (Å²) in [6.07, 6.45) is 0. The Hall–Kier alpha value is -1.75. The van der Waals surface area contributed by atoms with E-state index >= 15 is 0 Å². The fraction of sp³-hybridized carbons (Fsp3) is 0. The summed E-state index contributed by atoms with van der Waals surface area (Å²) in [5, 5.41) is 0. The summed E-state index contributed by atoms with van der Waals surface area (Å²) in [7, 11) is 0. The summed E-state index contributed by atoms with van der Waals surface area (Å²) in [5.41, 5.74) is 1.58. The molecule has 0 aliphatic heterocycles. The molecule has 0 spiro atoms. The first-order chi connectivity index (χ1) is 8.65. The van der Waals surface area contributed by atoms with Crippen LogP contribution in [0.5, 0.6) is 0 Å². The molecule has 0 radical (unpaired) electrons. The molecule has 18 heavy (non-hydrogen) atoms. The smallest absolute Gasteiger partial charge is 0.151 e. The Bertz CT molecular complexity index is 737. The molecule has 0 atom stereocenters. The molecule has 0 saturated carbocycles. The lowest BCUT2D eigenvalue weighted by Gasteiger charge is -2.00. The highest BCUT2D eigenvalue weighted by Crippen LogP contribution is 2.28. The van der Waals surface area contributed by atoms with Crippen molar-refractivity contribution in [2.75, 3.05) is 0 Å². The third-order valence-corrected chi connectivity index (χ3v) is 3.31. The first-order valence-corrected chi connectivity index (χ1v) is 6.04. The molecule has 1 N–H and O–H groups in total. The fourth-order valence-corrected chi connectivity index (χ4v) is 2.34. The van der Waals surface area contributed by atoms with Crippen molar-refractivity contribution in [3.05, 3.63) is 52.5 Å². The van der Waals surface area contributed by atoms with E-state index in [2.05, 4.69) is 25.9 Å². The van der Waals surface area contributed by atoms with E-state index in [1.165, 1.54) is 18.2 Å². The Morgan fingerprint density at radius 2 is 1.94 bits per heavy atom. The first-order valence-electron chi connectivity index (χ1n) is 5.25. The number of halogens is 3. The van der Waals surface area contributed by atoms with Crippen LogP contribution in [0.25, 0.3) is 22.4 Å². The van der Waals surface area contributed by atoms with Crippen molar-refractivity contribution in [2.45, 2.75) is 0 Å². The predicted octanol–water partition coefficient (Wildman–Crippen LogP) is 4.27. The van der Waals surface area contributed by atoms with Gasteiger partial charge in [-0.15, -0.1) is 0 Å². The highest BCUT2D eigenvalue weighted by atomic mass is 79.9. The average Bonchev–Trinajstić information content (AvgIpc) is 2.74. The Balaban J connectivity index is 2.23. The molecule has 0 aliphatic carbocycles. The lowest BCUT2D eigenvalue weighted by molar-refractivity contribution is 0.627. The molecule has 5 heteroatoms. The number of rotatable bonds is 1. The Kier molecular flexibility index (Phi) is 2.63. The summed E-state index contributed by atoms with van der Waals surface area (Å²) in [6.45, 7) is 0. The van der Waals surface area contributed by atoms with Crippen LogP contribution in [-0.4, -0.2) is 9.97 Å². The van der Waals surface area contributed by atoms with Crippen LogP contribution < -0.4 is 0 Å². The molecule has 0 unspecified atom stereocenters. The predicted molar refractivity (Wildman–Crippen MR) is 69.1 cm³/mol. The molecule has 1 heterocycles. The number of nitrogens with one attached hydrogen (secondary N) is 1. The van der Waals surface area contributed by atoms with Crippen LogP contribution in [0.4, 0.5) is 8.78 Å². The maximum absolute atomic E-state index is 13.5. The quantitative estimate of drug-likeness (QED) is 0.714. The van der Waals surface area contributed by atoms with Gasteiger partial charge in [0.25, 0.3) is 0 Å². The van der Waals surface area contributed by atoms with Crippen LogP contribution in [0.3, 0.4) is 0 Å². The second kappa shape index (κ2) is 4.17. The number of fused-ring (bicyclic) bond motifs is 1. The van der Waals surface area contributed by atoms with Crippen LogP contribution in [-0.2, 0) is 0 Å². The van der Waals surface area contributed by atoms with Crippen LogP contribution in [0, 0.1) is 11.6 Å². The van der Waals surface area contributed by atoms with Gasteiger partial charge in [0, 0.05) is 10.0 Å². The van der Waals surface area contributed by atoms with Gasteiger partial charge < -0.3 is 4.98 Å². The lowest BCUT2D eigenvalue weighted by Crippen LogP contribution is -1.84. The molecule has 3 aromatic rings. The van der Waals surface area contributed by atoms with Gasteiger partial charge in [0.15, 0.2) is 5.82 Å². The lowest BCUT2D eigenvalue weighted by atomic mass is 10.2. The van der Waals surface area contributed by atoms with E-state index in [4.69, 9.17) is 0 Å². The zero-order valence-corrected chi connectivity index (χ0v) is 10.6. The minimum atomic E-state index is -0.381. The van der Waals surface area contributed by atoms with Crippen molar-refractivity contribution in [1.82, 2.24) is 9.97 Å². The topological polar surface area (TPSA) is 28.7 Å².